The molecule has 0 aliphatic carbocycles. The van der Waals surface area contributed by atoms with Gasteiger partial charge in [0.05, 0.1) is 18.3 Å². The van der Waals surface area contributed by atoms with E-state index >= 15 is 0 Å². The van der Waals surface area contributed by atoms with Crippen molar-refractivity contribution in [1.82, 2.24) is 0 Å². The van der Waals surface area contributed by atoms with Gasteiger partial charge in [-0.25, -0.2) is 0 Å². The summed E-state index contributed by atoms with van der Waals surface area (Å²) in [5, 5.41) is 0.639. The molecule has 1 heterocycles. The molecule has 5 heteroatoms. The van der Waals surface area contributed by atoms with E-state index in [1.807, 2.05) is 39.8 Å². The summed E-state index contributed by atoms with van der Waals surface area (Å²) in [6, 6.07) is 5.43. The van der Waals surface area contributed by atoms with Gasteiger partial charge >= 0.3 is 7.12 Å². The average molecular weight is 269 g/mol. The predicted molar refractivity (Wildman–Crippen MR) is 73.7 cm³/mol. The van der Waals surface area contributed by atoms with E-state index in [4.69, 9.17) is 25.6 Å². The summed E-state index contributed by atoms with van der Waals surface area (Å²) in [5.74, 6) is 0.720. The lowest BCUT2D eigenvalue weighted by molar-refractivity contribution is 0.00578. The van der Waals surface area contributed by atoms with Crippen molar-refractivity contribution < 1.29 is 14.0 Å². The Bertz CT molecular complexity index is 444. The zero-order valence-electron chi connectivity index (χ0n) is 11.4. The molecule has 0 atom stereocenters. The fourth-order valence-electron chi connectivity index (χ4n) is 1.86. The number of rotatable bonds is 2. The van der Waals surface area contributed by atoms with Gasteiger partial charge in [0.15, 0.2) is 0 Å². The van der Waals surface area contributed by atoms with E-state index in [9.17, 15) is 0 Å². The Labute approximate surface area is 114 Å². The monoisotopic (exact) mass is 268 g/mol. The number of halogens is 1. The molecule has 0 aromatic heterocycles. The third-order valence-corrected chi connectivity index (χ3v) is 3.93. The topological polar surface area (TPSA) is 27.7 Å². The van der Waals surface area contributed by atoms with Crippen LogP contribution in [0.25, 0.3) is 0 Å². The molecule has 0 bridgehead atoms. The van der Waals surface area contributed by atoms with Crippen LogP contribution in [0.4, 0.5) is 0 Å². The lowest BCUT2D eigenvalue weighted by atomic mass is 9.78. The second-order valence-corrected chi connectivity index (χ2v) is 5.91. The number of hydrogen-bond donors (Lipinski definition) is 0. The number of methoxy groups -OCH3 is 1. The molecular formula is C13H18BClO3. The normalized spacial score (nSPS) is 21.1. The van der Waals surface area contributed by atoms with Crippen molar-refractivity contribution in [3.8, 4) is 5.75 Å². The molecule has 2 rings (SSSR count). The summed E-state index contributed by atoms with van der Waals surface area (Å²) >= 11 is 6.03. The molecule has 1 aliphatic heterocycles. The quantitative estimate of drug-likeness (QED) is 0.772. The van der Waals surface area contributed by atoms with Crippen LogP contribution >= 0.6 is 11.6 Å². The van der Waals surface area contributed by atoms with Gasteiger partial charge in [-0.2, -0.15) is 0 Å². The zero-order chi connectivity index (χ0) is 13.6. The molecule has 1 saturated heterocycles. The Balaban J connectivity index is 2.37. The lowest BCUT2D eigenvalue weighted by Gasteiger charge is -2.32. The maximum absolute atomic E-state index is 6.03. The van der Waals surface area contributed by atoms with Crippen LogP contribution in [0.5, 0.6) is 5.75 Å². The van der Waals surface area contributed by atoms with Crippen LogP contribution in [0.3, 0.4) is 0 Å². The molecule has 0 amide bonds. The molecule has 0 radical (unpaired) electrons. The van der Waals surface area contributed by atoms with Gasteiger partial charge in [0.1, 0.15) is 5.75 Å². The van der Waals surface area contributed by atoms with E-state index in [0.29, 0.717) is 5.02 Å². The second-order valence-electron chi connectivity index (χ2n) is 5.47. The highest BCUT2D eigenvalue weighted by Crippen LogP contribution is 2.37. The summed E-state index contributed by atoms with van der Waals surface area (Å²) in [5.41, 5.74) is 0.0827. The molecule has 0 saturated carbocycles. The minimum atomic E-state index is -0.455. The van der Waals surface area contributed by atoms with Crippen LogP contribution in [0.15, 0.2) is 18.2 Å². The van der Waals surface area contributed by atoms with Gasteiger partial charge in [-0.15, -0.1) is 0 Å². The van der Waals surface area contributed by atoms with Crippen molar-refractivity contribution >= 4 is 24.2 Å². The molecule has 18 heavy (non-hydrogen) atoms. The lowest BCUT2D eigenvalue weighted by Crippen LogP contribution is -2.41. The van der Waals surface area contributed by atoms with E-state index in [1.165, 1.54) is 0 Å². The van der Waals surface area contributed by atoms with Crippen molar-refractivity contribution in [2.75, 3.05) is 7.11 Å². The molecule has 1 fully saturated rings. The number of benzene rings is 1. The molecule has 1 aromatic carbocycles. The zero-order valence-corrected chi connectivity index (χ0v) is 12.2. The second kappa shape index (κ2) is 4.44. The van der Waals surface area contributed by atoms with Crippen LogP contribution in [0.1, 0.15) is 27.7 Å². The van der Waals surface area contributed by atoms with E-state index in [0.717, 1.165) is 11.2 Å². The molecule has 1 aromatic rings. The Hall–Kier alpha value is -0.705. The Kier molecular flexibility index (Phi) is 3.39. The van der Waals surface area contributed by atoms with Gasteiger partial charge in [-0.3, -0.25) is 0 Å². The molecule has 0 spiro atoms. The first-order valence-electron chi connectivity index (χ1n) is 5.96. The SMILES string of the molecule is COc1ccc(Cl)cc1B1OC(C)(C)C(C)(C)O1. The highest BCUT2D eigenvalue weighted by atomic mass is 35.5. The summed E-state index contributed by atoms with van der Waals surface area (Å²) in [6.07, 6.45) is 0. The third-order valence-electron chi connectivity index (χ3n) is 3.70. The van der Waals surface area contributed by atoms with Crippen molar-refractivity contribution in [3.05, 3.63) is 23.2 Å². The van der Waals surface area contributed by atoms with Gasteiger partial charge in [0.2, 0.25) is 0 Å². The smallest absolute Gasteiger partial charge is 0.497 e. The summed E-state index contributed by atoms with van der Waals surface area (Å²) in [7, 11) is 1.17. The van der Waals surface area contributed by atoms with E-state index in [2.05, 4.69) is 0 Å². The first kappa shape index (κ1) is 13.7. The Morgan fingerprint density at radius 2 is 1.67 bits per heavy atom. The van der Waals surface area contributed by atoms with Crippen molar-refractivity contribution in [3.63, 3.8) is 0 Å². The van der Waals surface area contributed by atoms with Crippen LogP contribution < -0.4 is 10.2 Å². The first-order chi connectivity index (χ1) is 8.27. The minimum Gasteiger partial charge on any atom is -0.497 e. The van der Waals surface area contributed by atoms with Crippen molar-refractivity contribution in [1.29, 1.82) is 0 Å². The van der Waals surface area contributed by atoms with Gasteiger partial charge in [-0.1, -0.05) is 11.6 Å². The maximum atomic E-state index is 6.03. The molecule has 3 nitrogen and oxygen atoms in total. The van der Waals surface area contributed by atoms with E-state index < -0.39 is 7.12 Å². The van der Waals surface area contributed by atoms with Crippen LogP contribution in [-0.4, -0.2) is 25.4 Å². The highest BCUT2D eigenvalue weighted by molar-refractivity contribution is 6.63. The van der Waals surface area contributed by atoms with E-state index in [-0.39, 0.29) is 11.2 Å². The summed E-state index contributed by atoms with van der Waals surface area (Å²) < 4.78 is 17.3. The standard InChI is InChI=1S/C13H18BClO3/c1-12(2)13(3,4)18-14(17-12)10-8-9(15)6-7-11(10)16-5/h6-8H,1-5H3. The molecule has 0 N–H and O–H groups in total. The predicted octanol–water partition coefficient (Wildman–Crippen LogP) is 2.65. The molecular weight excluding hydrogens is 250 g/mol. The summed E-state index contributed by atoms with van der Waals surface area (Å²) in [6.45, 7) is 8.07. The fraction of sp³-hybridized carbons (Fsp3) is 0.538. The van der Waals surface area contributed by atoms with E-state index in [1.54, 1.807) is 13.2 Å². The average Bonchev–Trinajstić information content (AvgIpc) is 2.48. The molecule has 98 valence electrons. The van der Waals surface area contributed by atoms with Crippen LogP contribution in [0, 0.1) is 0 Å². The summed E-state index contributed by atoms with van der Waals surface area (Å²) in [4.78, 5) is 0. The molecule has 1 aliphatic rings. The third kappa shape index (κ3) is 2.25. The Morgan fingerprint density at radius 3 is 2.17 bits per heavy atom. The molecule has 0 unspecified atom stereocenters. The first-order valence-corrected chi connectivity index (χ1v) is 6.34. The largest absolute Gasteiger partial charge is 0.498 e. The minimum absolute atomic E-state index is 0.370. The van der Waals surface area contributed by atoms with Crippen LogP contribution in [0.2, 0.25) is 5.02 Å². The number of ether oxygens (including phenoxy) is 1. The van der Waals surface area contributed by atoms with Crippen LogP contribution in [-0.2, 0) is 9.31 Å². The van der Waals surface area contributed by atoms with Gasteiger partial charge in [-0.05, 0) is 45.9 Å². The van der Waals surface area contributed by atoms with Gasteiger partial charge in [0.25, 0.3) is 0 Å². The highest BCUT2D eigenvalue weighted by Gasteiger charge is 2.52. The Morgan fingerprint density at radius 1 is 1.11 bits per heavy atom. The number of hydrogen-bond acceptors (Lipinski definition) is 3. The van der Waals surface area contributed by atoms with Gasteiger partial charge in [0, 0.05) is 10.5 Å². The van der Waals surface area contributed by atoms with Crippen molar-refractivity contribution in [2.24, 2.45) is 0 Å². The maximum Gasteiger partial charge on any atom is 0.498 e. The van der Waals surface area contributed by atoms with Crippen molar-refractivity contribution in [2.45, 2.75) is 38.9 Å². The van der Waals surface area contributed by atoms with Gasteiger partial charge < -0.3 is 14.0 Å². The fourth-order valence-corrected chi connectivity index (χ4v) is 2.04.